The summed E-state index contributed by atoms with van der Waals surface area (Å²) in [7, 11) is 0. The molecule has 7 nitrogen and oxygen atoms in total. The summed E-state index contributed by atoms with van der Waals surface area (Å²) < 4.78 is 11.4. The van der Waals surface area contributed by atoms with Crippen LogP contribution >= 0.6 is 11.8 Å². The van der Waals surface area contributed by atoms with E-state index in [0.717, 1.165) is 0 Å². The summed E-state index contributed by atoms with van der Waals surface area (Å²) in [5, 5.41) is 5.71. The third-order valence-corrected chi connectivity index (χ3v) is 4.73. The fourth-order valence-electron chi connectivity index (χ4n) is 2.52. The minimum atomic E-state index is -0.260. The maximum atomic E-state index is 12.6. The predicted octanol–water partition coefficient (Wildman–Crippen LogP) is 3.37. The second-order valence-electron chi connectivity index (χ2n) is 5.92. The fraction of sp³-hybridized carbons (Fsp3) is 0.333. The Morgan fingerprint density at radius 2 is 1.55 bits per heavy atom. The van der Waals surface area contributed by atoms with E-state index in [2.05, 4.69) is 10.6 Å². The number of rotatable bonds is 11. The summed E-state index contributed by atoms with van der Waals surface area (Å²) >= 11 is 1.46. The van der Waals surface area contributed by atoms with Crippen molar-refractivity contribution in [3.05, 3.63) is 48.0 Å². The number of nitrogens with one attached hydrogen (secondary N) is 2. The van der Waals surface area contributed by atoms with Crippen molar-refractivity contribution in [3.8, 4) is 11.5 Å². The average molecular weight is 418 g/mol. The van der Waals surface area contributed by atoms with Crippen molar-refractivity contribution in [2.45, 2.75) is 13.8 Å². The highest BCUT2D eigenvalue weighted by Gasteiger charge is 2.17. The Bertz CT molecular complexity index is 815. The van der Waals surface area contributed by atoms with Crippen molar-refractivity contribution in [1.82, 2.24) is 0 Å². The largest absolute Gasteiger partial charge is 0.492 e. The number of nitrogens with two attached hydrogens (primary N) is 1. The number of amides is 2. The molecule has 0 aliphatic heterocycles. The van der Waals surface area contributed by atoms with Crippen molar-refractivity contribution in [3.63, 3.8) is 0 Å². The number of hydrogen-bond acceptors (Lipinski definition) is 6. The Morgan fingerprint density at radius 3 is 2.10 bits per heavy atom. The molecule has 4 N–H and O–H groups in total. The van der Waals surface area contributed by atoms with E-state index in [-0.39, 0.29) is 11.8 Å². The van der Waals surface area contributed by atoms with Crippen LogP contribution in [0.1, 0.15) is 24.2 Å². The summed E-state index contributed by atoms with van der Waals surface area (Å²) in [6, 6.07) is 12.2. The van der Waals surface area contributed by atoms with Crippen molar-refractivity contribution in [2.24, 2.45) is 5.73 Å². The lowest BCUT2D eigenvalue weighted by molar-refractivity contribution is -0.113. The van der Waals surface area contributed by atoms with Gasteiger partial charge in [-0.2, -0.15) is 11.8 Å². The first kappa shape index (κ1) is 22.6. The molecule has 0 aromatic heterocycles. The molecule has 2 aromatic rings. The van der Waals surface area contributed by atoms with Crippen LogP contribution in [0, 0.1) is 0 Å². The molecule has 0 saturated carbocycles. The van der Waals surface area contributed by atoms with E-state index in [0.29, 0.717) is 59.7 Å². The van der Waals surface area contributed by atoms with Gasteiger partial charge in [-0.3, -0.25) is 9.59 Å². The topological polar surface area (TPSA) is 103 Å². The summed E-state index contributed by atoms with van der Waals surface area (Å²) in [4.78, 5) is 24.8. The molecule has 0 saturated heterocycles. The molecule has 0 fully saturated rings. The third-order valence-electron chi connectivity index (χ3n) is 3.74. The van der Waals surface area contributed by atoms with Gasteiger partial charge in [-0.1, -0.05) is 18.2 Å². The maximum Gasteiger partial charge on any atom is 0.255 e. The first-order valence-electron chi connectivity index (χ1n) is 9.46. The lowest BCUT2D eigenvalue weighted by atomic mass is 10.2. The van der Waals surface area contributed by atoms with E-state index in [1.165, 1.54) is 11.8 Å². The molecular formula is C21H27N3O4S. The van der Waals surface area contributed by atoms with Crippen LogP contribution in [0.15, 0.2) is 42.5 Å². The number of ether oxygens (including phenoxy) is 2. The summed E-state index contributed by atoms with van der Waals surface area (Å²) in [5.74, 6) is 1.48. The van der Waals surface area contributed by atoms with Crippen LogP contribution in [0.25, 0.3) is 0 Å². The van der Waals surface area contributed by atoms with Gasteiger partial charge >= 0.3 is 0 Å². The average Bonchev–Trinajstić information content (AvgIpc) is 2.72. The van der Waals surface area contributed by atoms with E-state index in [4.69, 9.17) is 15.2 Å². The first-order valence-corrected chi connectivity index (χ1v) is 10.6. The highest BCUT2D eigenvalue weighted by atomic mass is 32.2. The third kappa shape index (κ3) is 6.99. The quantitative estimate of drug-likeness (QED) is 0.485. The standard InChI is InChI=1S/C21H27N3O4S/c1-3-27-18-13-17(24-21(26)15-8-6-5-7-9-15)19(28-4-2)12-16(18)23-20(25)14-29-11-10-22/h5-9,12-13H,3-4,10-11,14,22H2,1-2H3,(H,23,25)(H,24,26). The number of thioether (sulfide) groups is 1. The van der Waals surface area contributed by atoms with E-state index in [1.807, 2.05) is 19.9 Å². The van der Waals surface area contributed by atoms with Crippen LogP contribution in [0.4, 0.5) is 11.4 Å². The van der Waals surface area contributed by atoms with Gasteiger partial charge in [-0.05, 0) is 26.0 Å². The van der Waals surface area contributed by atoms with Crippen LogP contribution in [0.3, 0.4) is 0 Å². The van der Waals surface area contributed by atoms with Crippen LogP contribution in [-0.4, -0.2) is 43.1 Å². The maximum absolute atomic E-state index is 12.6. The normalized spacial score (nSPS) is 10.3. The van der Waals surface area contributed by atoms with Crippen molar-refractivity contribution in [2.75, 3.05) is 41.9 Å². The number of carbonyl (C=O) groups excluding carboxylic acids is 2. The molecule has 2 aromatic carbocycles. The zero-order valence-corrected chi connectivity index (χ0v) is 17.5. The minimum Gasteiger partial charge on any atom is -0.492 e. The van der Waals surface area contributed by atoms with E-state index < -0.39 is 0 Å². The number of anilines is 2. The number of carbonyl (C=O) groups is 2. The molecule has 0 atom stereocenters. The van der Waals surface area contributed by atoms with Gasteiger partial charge in [0.25, 0.3) is 5.91 Å². The van der Waals surface area contributed by atoms with Crippen molar-refractivity contribution in [1.29, 1.82) is 0 Å². The molecule has 0 unspecified atom stereocenters. The zero-order valence-electron chi connectivity index (χ0n) is 16.7. The second-order valence-corrected chi connectivity index (χ2v) is 7.03. The Morgan fingerprint density at radius 1 is 0.966 bits per heavy atom. The SMILES string of the molecule is CCOc1cc(NC(=O)c2ccccc2)c(OCC)cc1NC(=O)CSCCN. The van der Waals surface area contributed by atoms with E-state index >= 15 is 0 Å². The number of benzene rings is 2. The molecule has 29 heavy (non-hydrogen) atoms. The van der Waals surface area contributed by atoms with Crippen LogP contribution in [0.2, 0.25) is 0 Å². The monoisotopic (exact) mass is 417 g/mol. The first-order chi connectivity index (χ1) is 14.1. The minimum absolute atomic E-state index is 0.159. The van der Waals surface area contributed by atoms with Crippen LogP contribution < -0.4 is 25.8 Å². The molecule has 0 aliphatic rings. The van der Waals surface area contributed by atoms with E-state index in [9.17, 15) is 9.59 Å². The lowest BCUT2D eigenvalue weighted by Crippen LogP contribution is -2.17. The van der Waals surface area contributed by atoms with Gasteiger partial charge in [0, 0.05) is 30.0 Å². The predicted molar refractivity (Wildman–Crippen MR) is 118 cm³/mol. The molecule has 0 bridgehead atoms. The van der Waals surface area contributed by atoms with Crippen molar-refractivity contribution < 1.29 is 19.1 Å². The molecule has 2 rings (SSSR count). The molecule has 0 heterocycles. The molecule has 0 radical (unpaired) electrons. The number of hydrogen-bond donors (Lipinski definition) is 3. The Kier molecular flexibility index (Phi) is 9.33. The molecule has 2 amide bonds. The van der Waals surface area contributed by atoms with Crippen LogP contribution in [0.5, 0.6) is 11.5 Å². The van der Waals surface area contributed by atoms with Crippen LogP contribution in [-0.2, 0) is 4.79 Å². The molecule has 8 heteroatoms. The molecule has 0 aliphatic carbocycles. The van der Waals surface area contributed by atoms with Gasteiger partial charge in [0.15, 0.2) is 0 Å². The lowest BCUT2D eigenvalue weighted by Gasteiger charge is -2.18. The van der Waals surface area contributed by atoms with Gasteiger partial charge < -0.3 is 25.8 Å². The highest BCUT2D eigenvalue weighted by Crippen LogP contribution is 2.37. The van der Waals surface area contributed by atoms with Gasteiger partial charge in [0.2, 0.25) is 5.91 Å². The summed E-state index contributed by atoms with van der Waals surface area (Å²) in [5.41, 5.74) is 6.95. The van der Waals surface area contributed by atoms with Gasteiger partial charge in [0.1, 0.15) is 11.5 Å². The van der Waals surface area contributed by atoms with Crippen molar-refractivity contribution >= 4 is 35.0 Å². The molecule has 0 spiro atoms. The van der Waals surface area contributed by atoms with Gasteiger partial charge in [0.05, 0.1) is 30.3 Å². The molecular weight excluding hydrogens is 390 g/mol. The van der Waals surface area contributed by atoms with Gasteiger partial charge in [-0.25, -0.2) is 0 Å². The Labute approximate surface area is 175 Å². The summed E-state index contributed by atoms with van der Waals surface area (Å²) in [6.45, 7) is 5.03. The Hall–Kier alpha value is -2.71. The smallest absolute Gasteiger partial charge is 0.255 e. The van der Waals surface area contributed by atoms with E-state index in [1.54, 1.807) is 36.4 Å². The highest BCUT2D eigenvalue weighted by molar-refractivity contribution is 7.99. The Balaban J connectivity index is 2.27. The fourth-order valence-corrected chi connectivity index (χ4v) is 3.09. The second kappa shape index (κ2) is 12.0. The zero-order chi connectivity index (χ0) is 21.1. The summed E-state index contributed by atoms with van der Waals surface area (Å²) in [6.07, 6.45) is 0. The van der Waals surface area contributed by atoms with Gasteiger partial charge in [-0.15, -0.1) is 0 Å². The molecule has 156 valence electrons.